The van der Waals surface area contributed by atoms with Crippen LogP contribution in [-0.2, 0) is 14.4 Å². The predicted octanol–water partition coefficient (Wildman–Crippen LogP) is 7.29. The van der Waals surface area contributed by atoms with Gasteiger partial charge < -0.3 is 20.4 Å². The number of aliphatic hydroxyl groups is 1. The molecule has 0 saturated carbocycles. The van der Waals surface area contributed by atoms with Gasteiger partial charge in [-0.1, -0.05) is 124 Å². The Kier molecular flexibility index (Phi) is 19.5. The van der Waals surface area contributed by atoms with Crippen LogP contribution in [0.4, 0.5) is 0 Å². The maximum Gasteiger partial charge on any atom is 0.336 e. The third-order valence-electron chi connectivity index (χ3n) is 7.68. The van der Waals surface area contributed by atoms with Gasteiger partial charge in [0.2, 0.25) is 0 Å². The van der Waals surface area contributed by atoms with Crippen LogP contribution in [0.3, 0.4) is 0 Å². The average molecular weight is 515 g/mol. The molecule has 4 N–H and O–H groups in total. The lowest BCUT2D eigenvalue weighted by atomic mass is 9.67. The van der Waals surface area contributed by atoms with Crippen LogP contribution in [0.2, 0.25) is 0 Å². The van der Waals surface area contributed by atoms with Gasteiger partial charge in [0.05, 0.1) is 5.92 Å². The summed E-state index contributed by atoms with van der Waals surface area (Å²) in [4.78, 5) is 36.4. The normalized spacial score (nSPS) is 15.7. The number of aliphatic carboxylic acids is 3. The Morgan fingerprint density at radius 1 is 0.583 bits per heavy atom. The van der Waals surface area contributed by atoms with E-state index in [0.717, 1.165) is 51.4 Å². The van der Waals surface area contributed by atoms with Gasteiger partial charge >= 0.3 is 17.9 Å². The molecule has 0 aromatic carbocycles. The summed E-state index contributed by atoms with van der Waals surface area (Å²) in [5.41, 5.74) is -2.62. The van der Waals surface area contributed by atoms with Crippen LogP contribution in [0.5, 0.6) is 0 Å². The number of carbonyl (C=O) groups is 3. The summed E-state index contributed by atoms with van der Waals surface area (Å²) in [5.74, 6) is -8.75. The number of hydrogen-bond donors (Lipinski definition) is 4. The van der Waals surface area contributed by atoms with Crippen molar-refractivity contribution in [2.75, 3.05) is 0 Å². The van der Waals surface area contributed by atoms with Crippen LogP contribution in [0, 0.1) is 17.8 Å². The summed E-state index contributed by atoms with van der Waals surface area (Å²) in [5, 5.41) is 41.0. The molecule has 0 saturated heterocycles. The predicted molar refractivity (Wildman–Crippen MR) is 143 cm³/mol. The van der Waals surface area contributed by atoms with Gasteiger partial charge in [-0.15, -0.1) is 0 Å². The van der Waals surface area contributed by atoms with Crippen LogP contribution < -0.4 is 0 Å². The molecule has 36 heavy (non-hydrogen) atoms. The van der Waals surface area contributed by atoms with Crippen LogP contribution >= 0.6 is 0 Å². The molecule has 4 unspecified atom stereocenters. The van der Waals surface area contributed by atoms with Gasteiger partial charge in [0.1, 0.15) is 5.92 Å². The molecule has 0 bridgehead atoms. The van der Waals surface area contributed by atoms with Gasteiger partial charge in [-0.05, 0) is 25.2 Å². The molecule has 0 aliphatic rings. The second kappa shape index (κ2) is 20.4. The lowest BCUT2D eigenvalue weighted by molar-refractivity contribution is -0.191. The van der Waals surface area contributed by atoms with E-state index in [0.29, 0.717) is 25.7 Å². The number of unbranched alkanes of at least 4 members (excludes halogenated alkanes) is 14. The fourth-order valence-corrected chi connectivity index (χ4v) is 5.42. The van der Waals surface area contributed by atoms with E-state index in [-0.39, 0.29) is 6.42 Å². The monoisotopic (exact) mass is 514 g/mol. The molecule has 0 fully saturated rings. The first-order chi connectivity index (χ1) is 17.2. The van der Waals surface area contributed by atoms with E-state index in [1.807, 2.05) is 0 Å². The first kappa shape index (κ1) is 34.4. The van der Waals surface area contributed by atoms with E-state index in [1.165, 1.54) is 45.4 Å². The average Bonchev–Trinajstić information content (AvgIpc) is 2.83. The quantitative estimate of drug-likeness (QED) is 0.0940. The molecule has 7 heteroatoms. The van der Waals surface area contributed by atoms with Gasteiger partial charge in [-0.2, -0.15) is 0 Å². The van der Waals surface area contributed by atoms with Crippen LogP contribution in [0.25, 0.3) is 0 Å². The first-order valence-corrected chi connectivity index (χ1v) is 14.6. The zero-order valence-electron chi connectivity index (χ0n) is 23.2. The molecule has 0 aromatic heterocycles. The van der Waals surface area contributed by atoms with Crippen LogP contribution in [0.1, 0.15) is 143 Å². The summed E-state index contributed by atoms with van der Waals surface area (Å²) < 4.78 is 0. The molecule has 0 aliphatic heterocycles. The highest BCUT2D eigenvalue weighted by Gasteiger charge is 2.57. The Bertz CT molecular complexity index is 606. The molecule has 7 nitrogen and oxygen atoms in total. The molecule has 0 spiro atoms. The van der Waals surface area contributed by atoms with E-state index < -0.39 is 41.3 Å². The van der Waals surface area contributed by atoms with Crippen molar-refractivity contribution in [1.82, 2.24) is 0 Å². The summed E-state index contributed by atoms with van der Waals surface area (Å²) >= 11 is 0. The van der Waals surface area contributed by atoms with E-state index in [2.05, 4.69) is 13.8 Å². The highest BCUT2D eigenvalue weighted by Crippen LogP contribution is 2.40. The third-order valence-corrected chi connectivity index (χ3v) is 7.68. The lowest BCUT2D eigenvalue weighted by Gasteiger charge is -2.39. The Balaban J connectivity index is 5.31. The Labute approximate surface area is 219 Å². The zero-order chi connectivity index (χ0) is 27.4. The largest absolute Gasteiger partial charge is 0.481 e. The lowest BCUT2D eigenvalue weighted by Crippen LogP contribution is -2.58. The number of hydrogen-bond acceptors (Lipinski definition) is 4. The van der Waals surface area contributed by atoms with Crippen LogP contribution in [-0.4, -0.2) is 43.9 Å². The molecular formula is C29H54O7. The van der Waals surface area contributed by atoms with Crippen molar-refractivity contribution in [2.45, 2.75) is 148 Å². The first-order valence-electron chi connectivity index (χ1n) is 14.6. The summed E-state index contributed by atoms with van der Waals surface area (Å²) in [6, 6.07) is 0. The van der Waals surface area contributed by atoms with Crippen molar-refractivity contribution in [2.24, 2.45) is 17.8 Å². The maximum absolute atomic E-state index is 12.4. The van der Waals surface area contributed by atoms with Gasteiger partial charge in [-0.25, -0.2) is 4.79 Å². The number of rotatable bonds is 25. The summed E-state index contributed by atoms with van der Waals surface area (Å²) in [6.07, 6.45) is 17.8. The molecule has 212 valence electrons. The number of carboxylic acids is 3. The topological polar surface area (TPSA) is 132 Å². The van der Waals surface area contributed by atoms with Gasteiger partial charge in [0, 0.05) is 0 Å². The highest BCUT2D eigenvalue weighted by atomic mass is 16.4. The van der Waals surface area contributed by atoms with Gasteiger partial charge in [0.25, 0.3) is 0 Å². The molecule has 0 heterocycles. The molecule has 0 aromatic rings. The maximum atomic E-state index is 12.4. The Morgan fingerprint density at radius 2 is 0.944 bits per heavy atom. The summed E-state index contributed by atoms with van der Waals surface area (Å²) in [6.45, 7) is 5.85. The van der Waals surface area contributed by atoms with Crippen molar-refractivity contribution >= 4 is 17.9 Å². The van der Waals surface area contributed by atoms with Crippen molar-refractivity contribution in [3.05, 3.63) is 0 Å². The second-order valence-electron chi connectivity index (χ2n) is 10.5. The van der Waals surface area contributed by atoms with E-state index in [9.17, 15) is 34.8 Å². The fraction of sp³-hybridized carbons (Fsp3) is 0.897. The van der Waals surface area contributed by atoms with E-state index >= 15 is 0 Å². The standard InChI is InChI=1S/C29H54O7/c1-4-7-9-11-13-14-15-16-18-20-22-23(21-19-17-12-10-8-5-2)29(36,28(34)35)25(27(32)33)24(6-3)26(30)31/h23-25,36H,4-22H2,1-3H3,(H,30,31)(H,32,33)(H,34,35). The SMILES string of the molecule is CCCCCCCCCCCCC(CCCCCCCC)C(O)(C(=O)O)C(C(=O)O)C(CC)C(=O)O. The van der Waals surface area contributed by atoms with Crippen molar-refractivity contribution < 1.29 is 34.8 Å². The fourth-order valence-electron chi connectivity index (χ4n) is 5.42. The molecular weight excluding hydrogens is 460 g/mol. The van der Waals surface area contributed by atoms with Crippen molar-refractivity contribution in [3.8, 4) is 0 Å². The molecule has 0 radical (unpaired) electrons. The Hall–Kier alpha value is -1.63. The molecule has 0 aliphatic carbocycles. The molecule has 4 atom stereocenters. The minimum absolute atomic E-state index is 0.0656. The second-order valence-corrected chi connectivity index (χ2v) is 10.5. The minimum atomic E-state index is -2.62. The van der Waals surface area contributed by atoms with E-state index in [1.54, 1.807) is 0 Å². The zero-order valence-corrected chi connectivity index (χ0v) is 23.2. The number of carboxylic acid groups (broad SMARTS) is 3. The van der Waals surface area contributed by atoms with Crippen LogP contribution in [0.15, 0.2) is 0 Å². The van der Waals surface area contributed by atoms with Gasteiger partial charge in [-0.3, -0.25) is 9.59 Å². The molecule has 0 amide bonds. The Morgan fingerprint density at radius 3 is 1.22 bits per heavy atom. The van der Waals surface area contributed by atoms with Gasteiger partial charge in [0.15, 0.2) is 5.60 Å². The van der Waals surface area contributed by atoms with E-state index in [4.69, 9.17) is 0 Å². The minimum Gasteiger partial charge on any atom is -0.481 e. The molecule has 0 rings (SSSR count). The highest BCUT2D eigenvalue weighted by molar-refractivity contribution is 5.89. The van der Waals surface area contributed by atoms with Crippen molar-refractivity contribution in [1.29, 1.82) is 0 Å². The smallest absolute Gasteiger partial charge is 0.336 e. The third kappa shape index (κ3) is 12.6. The summed E-state index contributed by atoms with van der Waals surface area (Å²) in [7, 11) is 0. The van der Waals surface area contributed by atoms with Crippen molar-refractivity contribution in [3.63, 3.8) is 0 Å².